The normalized spacial score (nSPS) is 20.2. The van der Waals surface area contributed by atoms with Gasteiger partial charge >= 0.3 is 0 Å². The zero-order chi connectivity index (χ0) is 15.6. The van der Waals surface area contributed by atoms with Crippen LogP contribution in [0.1, 0.15) is 25.8 Å². The van der Waals surface area contributed by atoms with Crippen molar-refractivity contribution in [2.24, 2.45) is 5.92 Å². The number of nitrogens with one attached hydrogen (secondary N) is 1. The average molecular weight is 290 g/mol. The van der Waals surface area contributed by atoms with Gasteiger partial charge in [0.1, 0.15) is 18.3 Å². The molecule has 1 fully saturated rings. The summed E-state index contributed by atoms with van der Waals surface area (Å²) in [6, 6.07) is 5.06. The summed E-state index contributed by atoms with van der Waals surface area (Å²) in [6.45, 7) is 5.98. The molecule has 2 atom stereocenters. The van der Waals surface area contributed by atoms with E-state index in [-0.39, 0.29) is 24.3 Å². The zero-order valence-electron chi connectivity index (χ0n) is 13.0. The summed E-state index contributed by atoms with van der Waals surface area (Å²) in [5, 5.41) is 2.80. The maximum Gasteiger partial charge on any atom is 0.250 e. The fourth-order valence-corrected chi connectivity index (χ4v) is 2.55. The highest BCUT2D eigenvalue weighted by molar-refractivity contribution is 6.07. The van der Waals surface area contributed by atoms with Gasteiger partial charge in [0, 0.05) is 5.69 Å². The molecule has 1 aliphatic rings. The van der Waals surface area contributed by atoms with Gasteiger partial charge in [-0.1, -0.05) is 20.3 Å². The molecule has 0 bridgehead atoms. The number of benzene rings is 1. The maximum atomic E-state index is 12.7. The van der Waals surface area contributed by atoms with E-state index in [0.29, 0.717) is 0 Å². The molecule has 5 heteroatoms. The number of carbonyl (C=O) groups excluding carboxylic acids is 2. The summed E-state index contributed by atoms with van der Waals surface area (Å²) < 4.78 is 5.18. The fourth-order valence-electron chi connectivity index (χ4n) is 2.55. The molecule has 0 saturated carbocycles. The van der Waals surface area contributed by atoms with Gasteiger partial charge in [-0.05, 0) is 36.6 Å². The second kappa shape index (κ2) is 6.16. The Morgan fingerprint density at radius 1 is 1.43 bits per heavy atom. The Morgan fingerprint density at radius 3 is 2.71 bits per heavy atom. The molecule has 5 nitrogen and oxygen atoms in total. The van der Waals surface area contributed by atoms with Crippen molar-refractivity contribution in [3.05, 3.63) is 23.8 Å². The minimum absolute atomic E-state index is 0.0442. The van der Waals surface area contributed by atoms with Crippen LogP contribution in [0, 0.1) is 12.8 Å². The van der Waals surface area contributed by atoms with Crippen molar-refractivity contribution >= 4 is 17.5 Å². The molecule has 1 N–H and O–H groups in total. The molecule has 2 unspecified atom stereocenters. The van der Waals surface area contributed by atoms with Crippen molar-refractivity contribution in [1.29, 1.82) is 0 Å². The lowest BCUT2D eigenvalue weighted by molar-refractivity contribution is -0.132. The third-order valence-electron chi connectivity index (χ3n) is 4.06. The Labute approximate surface area is 125 Å². The Hall–Kier alpha value is -2.04. The van der Waals surface area contributed by atoms with E-state index in [4.69, 9.17) is 4.74 Å². The zero-order valence-corrected chi connectivity index (χ0v) is 13.0. The third-order valence-corrected chi connectivity index (χ3v) is 4.06. The van der Waals surface area contributed by atoms with E-state index in [1.807, 2.05) is 32.9 Å². The molecule has 1 aromatic rings. The van der Waals surface area contributed by atoms with Crippen LogP contribution < -0.4 is 15.0 Å². The van der Waals surface area contributed by atoms with Crippen molar-refractivity contribution in [3.63, 3.8) is 0 Å². The van der Waals surface area contributed by atoms with Crippen LogP contribution in [0.15, 0.2) is 18.2 Å². The SMILES string of the molecule is CCC(C)C1NC(=O)CN(c2ccc(OC)cc2C)C1=O. The molecule has 114 valence electrons. The van der Waals surface area contributed by atoms with Crippen LogP contribution in [0.5, 0.6) is 5.75 Å². The van der Waals surface area contributed by atoms with Crippen molar-refractivity contribution in [2.45, 2.75) is 33.2 Å². The molecule has 2 amide bonds. The number of carbonyl (C=O) groups is 2. The molecule has 0 aromatic heterocycles. The number of aryl methyl sites for hydroxylation is 1. The molecule has 0 radical (unpaired) electrons. The quantitative estimate of drug-likeness (QED) is 0.921. The maximum absolute atomic E-state index is 12.7. The Bertz CT molecular complexity index is 556. The van der Waals surface area contributed by atoms with Gasteiger partial charge in [-0.15, -0.1) is 0 Å². The summed E-state index contributed by atoms with van der Waals surface area (Å²) >= 11 is 0. The monoisotopic (exact) mass is 290 g/mol. The first-order chi connectivity index (χ1) is 9.97. The van der Waals surface area contributed by atoms with Crippen molar-refractivity contribution in [1.82, 2.24) is 5.32 Å². The Balaban J connectivity index is 2.33. The first-order valence-electron chi connectivity index (χ1n) is 7.23. The van der Waals surface area contributed by atoms with Gasteiger partial charge in [0.25, 0.3) is 0 Å². The summed E-state index contributed by atoms with van der Waals surface area (Å²) in [6.07, 6.45) is 0.839. The molecule has 21 heavy (non-hydrogen) atoms. The van der Waals surface area contributed by atoms with Crippen molar-refractivity contribution in [2.75, 3.05) is 18.6 Å². The summed E-state index contributed by atoms with van der Waals surface area (Å²) in [5.74, 6) is 0.693. The molecule has 1 saturated heterocycles. The van der Waals surface area contributed by atoms with E-state index in [1.165, 1.54) is 0 Å². The van der Waals surface area contributed by atoms with Gasteiger partial charge in [0.05, 0.1) is 7.11 Å². The van der Waals surface area contributed by atoms with Gasteiger partial charge in [-0.3, -0.25) is 9.59 Å². The topological polar surface area (TPSA) is 58.6 Å². The lowest BCUT2D eigenvalue weighted by atomic mass is 9.95. The van der Waals surface area contributed by atoms with Crippen molar-refractivity contribution < 1.29 is 14.3 Å². The van der Waals surface area contributed by atoms with Crippen LogP contribution in [0.3, 0.4) is 0 Å². The van der Waals surface area contributed by atoms with E-state index in [0.717, 1.165) is 23.4 Å². The van der Waals surface area contributed by atoms with E-state index >= 15 is 0 Å². The molecule has 1 heterocycles. The van der Waals surface area contributed by atoms with Gasteiger partial charge < -0.3 is 15.0 Å². The first kappa shape index (κ1) is 15.4. The minimum Gasteiger partial charge on any atom is -0.497 e. The number of nitrogens with zero attached hydrogens (tertiary/aromatic N) is 1. The average Bonchev–Trinajstić information content (AvgIpc) is 2.48. The minimum atomic E-state index is -0.447. The van der Waals surface area contributed by atoms with E-state index in [2.05, 4.69) is 5.32 Å². The van der Waals surface area contributed by atoms with Gasteiger partial charge in [-0.25, -0.2) is 0 Å². The van der Waals surface area contributed by atoms with Gasteiger partial charge in [-0.2, -0.15) is 0 Å². The van der Waals surface area contributed by atoms with E-state index in [9.17, 15) is 9.59 Å². The fraction of sp³-hybridized carbons (Fsp3) is 0.500. The second-order valence-electron chi connectivity index (χ2n) is 5.51. The van der Waals surface area contributed by atoms with Crippen LogP contribution in [0.4, 0.5) is 5.69 Å². The van der Waals surface area contributed by atoms with Crippen LogP contribution in [0.2, 0.25) is 0 Å². The second-order valence-corrected chi connectivity index (χ2v) is 5.51. The summed E-state index contributed by atoms with van der Waals surface area (Å²) in [5.41, 5.74) is 1.68. The highest BCUT2D eigenvalue weighted by atomic mass is 16.5. The number of amides is 2. The van der Waals surface area contributed by atoms with Crippen LogP contribution in [0.25, 0.3) is 0 Å². The largest absolute Gasteiger partial charge is 0.497 e. The van der Waals surface area contributed by atoms with Gasteiger partial charge in [0.15, 0.2) is 0 Å². The van der Waals surface area contributed by atoms with Crippen LogP contribution in [-0.2, 0) is 9.59 Å². The van der Waals surface area contributed by atoms with Crippen molar-refractivity contribution in [3.8, 4) is 5.75 Å². The standard InChI is InChI=1S/C16H22N2O3/c1-5-10(2)15-16(20)18(9-14(19)17-15)13-7-6-12(21-4)8-11(13)3/h6-8,10,15H,5,9H2,1-4H3,(H,17,19). The number of hydrogen-bond donors (Lipinski definition) is 1. The van der Waals surface area contributed by atoms with E-state index in [1.54, 1.807) is 18.1 Å². The van der Waals surface area contributed by atoms with Gasteiger partial charge in [0.2, 0.25) is 11.8 Å². The summed E-state index contributed by atoms with van der Waals surface area (Å²) in [7, 11) is 1.60. The number of hydrogen-bond acceptors (Lipinski definition) is 3. The number of rotatable bonds is 4. The predicted octanol–water partition coefficient (Wildman–Crippen LogP) is 1.88. The number of piperazine rings is 1. The molecule has 2 rings (SSSR count). The molecule has 0 spiro atoms. The molecular weight excluding hydrogens is 268 g/mol. The number of anilines is 1. The third kappa shape index (κ3) is 3.01. The molecular formula is C16H22N2O3. The molecule has 1 aromatic carbocycles. The molecule has 1 aliphatic heterocycles. The Kier molecular flexibility index (Phi) is 4.50. The first-order valence-corrected chi connectivity index (χ1v) is 7.23. The predicted molar refractivity (Wildman–Crippen MR) is 81.5 cm³/mol. The Morgan fingerprint density at radius 2 is 2.14 bits per heavy atom. The van der Waals surface area contributed by atoms with E-state index < -0.39 is 6.04 Å². The highest BCUT2D eigenvalue weighted by Crippen LogP contribution is 2.27. The van der Waals surface area contributed by atoms with Crippen LogP contribution >= 0.6 is 0 Å². The smallest absolute Gasteiger partial charge is 0.250 e. The number of methoxy groups -OCH3 is 1. The number of ether oxygens (including phenoxy) is 1. The summed E-state index contributed by atoms with van der Waals surface area (Å²) in [4.78, 5) is 26.2. The molecule has 0 aliphatic carbocycles. The lowest BCUT2D eigenvalue weighted by Crippen LogP contribution is -2.60. The van der Waals surface area contributed by atoms with Crippen LogP contribution in [-0.4, -0.2) is 31.5 Å². The highest BCUT2D eigenvalue weighted by Gasteiger charge is 2.36. The lowest BCUT2D eigenvalue weighted by Gasteiger charge is -2.35.